The predicted molar refractivity (Wildman–Crippen MR) is 174 cm³/mol. The molecule has 0 saturated heterocycles. The zero-order chi connectivity index (χ0) is 31.6. The lowest BCUT2D eigenvalue weighted by Crippen LogP contribution is -2.29. The summed E-state index contributed by atoms with van der Waals surface area (Å²) < 4.78 is 17.4. The third-order valence-corrected chi connectivity index (χ3v) is 6.79. The monoisotopic (exact) mass is 637 g/mol. The molecule has 0 aliphatic carbocycles. The third kappa shape index (κ3) is 8.73. The van der Waals surface area contributed by atoms with Gasteiger partial charge in [0.05, 0.1) is 41.1 Å². The molecule has 11 nitrogen and oxygen atoms in total. The van der Waals surface area contributed by atoms with Crippen molar-refractivity contribution in [1.29, 1.82) is 0 Å². The predicted octanol–water partition coefficient (Wildman–Crippen LogP) is 6.42. The number of anilines is 4. The number of carbonyl (C=O) groups excluding carboxylic acids is 1. The van der Waals surface area contributed by atoms with Gasteiger partial charge in [0.15, 0.2) is 0 Å². The highest BCUT2D eigenvalue weighted by Crippen LogP contribution is 2.39. The van der Waals surface area contributed by atoms with Crippen LogP contribution in [0.5, 0.6) is 23.1 Å². The van der Waals surface area contributed by atoms with Crippen LogP contribution in [0, 0.1) is 0 Å². The van der Waals surface area contributed by atoms with Crippen LogP contribution in [0.25, 0.3) is 0 Å². The number of nitrogens with one attached hydrogen (secondary N) is 2. The molecule has 0 aliphatic heterocycles. The molecular weight excluding hydrogens is 605 g/mol. The van der Waals surface area contributed by atoms with Crippen LogP contribution < -0.4 is 29.7 Å². The Morgan fingerprint density at radius 1 is 1.00 bits per heavy atom. The lowest BCUT2D eigenvalue weighted by molar-refractivity contribution is -0.111. The van der Waals surface area contributed by atoms with E-state index in [0.717, 1.165) is 17.9 Å². The highest BCUT2D eigenvalue weighted by atomic mass is 35.5. The van der Waals surface area contributed by atoms with Gasteiger partial charge < -0.3 is 34.6 Å². The van der Waals surface area contributed by atoms with E-state index >= 15 is 0 Å². The molecule has 2 heterocycles. The molecule has 0 fully saturated rings. The van der Waals surface area contributed by atoms with Crippen molar-refractivity contribution >= 4 is 52.1 Å². The average Bonchev–Trinajstić information content (AvgIpc) is 3.01. The normalized spacial score (nSPS) is 10.7. The summed E-state index contributed by atoms with van der Waals surface area (Å²) in [5.74, 6) is 1.29. The molecule has 0 spiro atoms. The summed E-state index contributed by atoms with van der Waals surface area (Å²) in [4.78, 5) is 29.3. The first-order valence-corrected chi connectivity index (χ1v) is 14.2. The van der Waals surface area contributed by atoms with Crippen molar-refractivity contribution in [3.8, 4) is 23.1 Å². The molecule has 0 atom stereocenters. The summed E-state index contributed by atoms with van der Waals surface area (Å²) in [6.07, 6.45) is 4.31. The minimum atomic E-state index is -0.353. The van der Waals surface area contributed by atoms with Crippen molar-refractivity contribution in [3.63, 3.8) is 0 Å². The molecule has 0 bridgehead atoms. The number of methoxy groups -OCH3 is 1. The molecular formula is C31H33Cl2N7O4. The van der Waals surface area contributed by atoms with Gasteiger partial charge in [-0.25, -0.2) is 4.98 Å². The van der Waals surface area contributed by atoms with Crippen LogP contribution in [-0.4, -0.2) is 67.1 Å². The van der Waals surface area contributed by atoms with Crippen molar-refractivity contribution in [1.82, 2.24) is 19.9 Å². The zero-order valence-corrected chi connectivity index (χ0v) is 26.3. The van der Waals surface area contributed by atoms with Gasteiger partial charge in [0.2, 0.25) is 17.7 Å². The summed E-state index contributed by atoms with van der Waals surface area (Å²) in [5, 5.41) is 6.53. The Labute approximate surface area is 266 Å². The Balaban J connectivity index is 1.55. The fourth-order valence-corrected chi connectivity index (χ4v) is 4.27. The number of amides is 1. The first-order valence-electron chi connectivity index (χ1n) is 13.5. The van der Waals surface area contributed by atoms with Crippen LogP contribution in [0.2, 0.25) is 10.0 Å². The van der Waals surface area contributed by atoms with Gasteiger partial charge >= 0.3 is 0 Å². The van der Waals surface area contributed by atoms with Crippen molar-refractivity contribution in [2.75, 3.05) is 56.9 Å². The first kappa shape index (κ1) is 32.3. The van der Waals surface area contributed by atoms with Crippen LogP contribution in [0.4, 0.5) is 23.0 Å². The maximum atomic E-state index is 12.3. The fourth-order valence-electron chi connectivity index (χ4n) is 3.92. The van der Waals surface area contributed by atoms with Crippen molar-refractivity contribution in [3.05, 3.63) is 89.3 Å². The van der Waals surface area contributed by atoms with Crippen LogP contribution in [-0.2, 0) is 11.4 Å². The minimum Gasteiger partial charge on any atom is -0.494 e. The van der Waals surface area contributed by atoms with Gasteiger partial charge in [-0.1, -0.05) is 35.8 Å². The van der Waals surface area contributed by atoms with E-state index in [1.54, 1.807) is 37.6 Å². The number of aromatic nitrogens is 3. The summed E-state index contributed by atoms with van der Waals surface area (Å²) in [6.45, 7) is 5.35. The van der Waals surface area contributed by atoms with E-state index in [-0.39, 0.29) is 29.4 Å². The maximum absolute atomic E-state index is 12.3. The van der Waals surface area contributed by atoms with Crippen LogP contribution >= 0.6 is 23.2 Å². The van der Waals surface area contributed by atoms with E-state index in [4.69, 9.17) is 37.4 Å². The Hall–Kier alpha value is -4.58. The number of hydrogen-bond acceptors (Lipinski definition) is 10. The van der Waals surface area contributed by atoms with Gasteiger partial charge in [-0.3, -0.25) is 9.78 Å². The van der Waals surface area contributed by atoms with Crippen LogP contribution in [0.1, 0.15) is 5.69 Å². The second kappa shape index (κ2) is 15.2. The molecule has 4 rings (SSSR count). The van der Waals surface area contributed by atoms with Gasteiger partial charge in [0, 0.05) is 38.5 Å². The summed E-state index contributed by atoms with van der Waals surface area (Å²) in [7, 11) is 7.48. The van der Waals surface area contributed by atoms with E-state index in [1.165, 1.54) is 12.3 Å². The van der Waals surface area contributed by atoms with E-state index < -0.39 is 0 Å². The Morgan fingerprint density at radius 2 is 1.82 bits per heavy atom. The molecule has 0 saturated carbocycles. The smallest absolute Gasteiger partial charge is 0.247 e. The highest BCUT2D eigenvalue weighted by Gasteiger charge is 2.18. The van der Waals surface area contributed by atoms with Gasteiger partial charge in [0.25, 0.3) is 0 Å². The number of ether oxygens (including phenoxy) is 3. The van der Waals surface area contributed by atoms with Gasteiger partial charge in [-0.2, -0.15) is 4.98 Å². The topological polar surface area (TPSA) is 114 Å². The second-order valence-corrected chi connectivity index (χ2v) is 10.6. The number of pyridine rings is 1. The van der Waals surface area contributed by atoms with E-state index in [1.807, 2.05) is 50.3 Å². The number of halogens is 2. The van der Waals surface area contributed by atoms with Crippen LogP contribution in [0.3, 0.4) is 0 Å². The molecule has 2 aromatic carbocycles. The SMILES string of the molecule is C=CC(=O)Nc1cc(Nc2ncc(Cl)c(Oc3ccc(OCc4ccccn4)c(Cl)c3)n2)c(OC)cc1N(C)CCN(C)C. The third-order valence-electron chi connectivity index (χ3n) is 6.23. The number of benzene rings is 2. The fraction of sp³-hybridized carbons (Fsp3) is 0.226. The Bertz CT molecular complexity index is 1610. The molecule has 13 heteroatoms. The molecule has 4 aromatic rings. The molecule has 230 valence electrons. The second-order valence-electron chi connectivity index (χ2n) is 9.76. The Kier molecular flexibility index (Phi) is 11.2. The average molecular weight is 639 g/mol. The lowest BCUT2D eigenvalue weighted by Gasteiger charge is -2.26. The Morgan fingerprint density at radius 3 is 2.50 bits per heavy atom. The van der Waals surface area contributed by atoms with Gasteiger partial charge in [0.1, 0.15) is 28.9 Å². The molecule has 1 amide bonds. The molecule has 0 radical (unpaired) electrons. The summed E-state index contributed by atoms with van der Waals surface area (Å²) >= 11 is 12.8. The lowest BCUT2D eigenvalue weighted by atomic mass is 10.2. The van der Waals surface area contributed by atoms with Gasteiger partial charge in [-0.05, 0) is 50.5 Å². The molecule has 0 unspecified atom stereocenters. The molecule has 2 aromatic heterocycles. The highest BCUT2D eigenvalue weighted by molar-refractivity contribution is 6.32. The van der Waals surface area contributed by atoms with Crippen molar-refractivity contribution in [2.45, 2.75) is 6.61 Å². The van der Waals surface area contributed by atoms with Crippen molar-refractivity contribution < 1.29 is 19.0 Å². The number of carbonyl (C=O) groups is 1. The minimum absolute atomic E-state index is 0.0987. The largest absolute Gasteiger partial charge is 0.494 e. The van der Waals surface area contributed by atoms with E-state index in [2.05, 4.69) is 37.1 Å². The number of hydrogen-bond donors (Lipinski definition) is 2. The number of rotatable bonds is 14. The maximum Gasteiger partial charge on any atom is 0.247 e. The van der Waals surface area contributed by atoms with Crippen molar-refractivity contribution in [2.24, 2.45) is 0 Å². The molecule has 0 aliphatic rings. The van der Waals surface area contributed by atoms with E-state index in [0.29, 0.717) is 40.2 Å². The zero-order valence-electron chi connectivity index (χ0n) is 24.8. The molecule has 2 N–H and O–H groups in total. The summed E-state index contributed by atoms with van der Waals surface area (Å²) in [6, 6.07) is 14.1. The quantitative estimate of drug-likeness (QED) is 0.150. The number of likely N-dealkylation sites (N-methyl/N-ethyl adjacent to an activating group) is 2. The van der Waals surface area contributed by atoms with E-state index in [9.17, 15) is 4.79 Å². The summed E-state index contributed by atoms with van der Waals surface area (Å²) in [5.41, 5.74) is 2.58. The van der Waals surface area contributed by atoms with Crippen LogP contribution in [0.15, 0.2) is 73.6 Å². The number of nitrogens with zero attached hydrogens (tertiary/aromatic N) is 5. The van der Waals surface area contributed by atoms with Gasteiger partial charge in [-0.15, -0.1) is 0 Å². The molecule has 44 heavy (non-hydrogen) atoms. The standard InChI is InChI=1S/C31H33Cl2N7O4/c1-6-29(41)36-24-16-25(28(42-5)17-26(24)40(4)14-13-39(2)3)37-31-35-18-23(33)30(38-31)44-21-10-11-27(22(32)15-21)43-19-20-9-7-8-12-34-20/h6-12,15-18H,1,13-14,19H2,2-5H3,(H,36,41)(H,35,37,38). The first-order chi connectivity index (χ1) is 21.2.